The number of unbranched alkanes of at least 4 members (excludes halogenated alkanes) is 2. The molecular weight excluding hydrogens is 517 g/mol. The molecule has 0 aliphatic carbocycles. The number of hydrogen-bond acceptors (Lipinski definition) is 6. The molecule has 12 heteroatoms. The Labute approximate surface area is 222 Å². The van der Waals surface area contributed by atoms with Crippen molar-refractivity contribution >= 4 is 22.5 Å². The first-order chi connectivity index (χ1) is 18.6. The van der Waals surface area contributed by atoms with Crippen molar-refractivity contribution in [1.82, 2.24) is 14.5 Å². The van der Waals surface area contributed by atoms with Crippen molar-refractivity contribution in [2.45, 2.75) is 38.4 Å². The highest BCUT2D eigenvalue weighted by Gasteiger charge is 2.31. The van der Waals surface area contributed by atoms with Crippen LogP contribution in [-0.4, -0.2) is 60.8 Å². The largest absolute Gasteiger partial charge is 0.493 e. The second-order valence-electron chi connectivity index (χ2n) is 9.37. The smallest absolute Gasteiger partial charge is 0.416 e. The van der Waals surface area contributed by atoms with Crippen LogP contribution in [0.25, 0.3) is 10.9 Å². The Balaban J connectivity index is 1.26. The maximum atomic E-state index is 13.0. The zero-order chi connectivity index (χ0) is 28.2. The minimum absolute atomic E-state index is 0.0135. The van der Waals surface area contributed by atoms with E-state index in [-0.39, 0.29) is 12.5 Å². The third-order valence-electron chi connectivity index (χ3n) is 6.93. The number of nitrogens with one attached hydrogen (secondary N) is 1. The van der Waals surface area contributed by atoms with Crippen LogP contribution in [0.15, 0.2) is 46.0 Å². The minimum Gasteiger partial charge on any atom is -0.493 e. The summed E-state index contributed by atoms with van der Waals surface area (Å²) >= 11 is 0. The fourth-order valence-electron chi connectivity index (χ4n) is 4.76. The van der Waals surface area contributed by atoms with Crippen LogP contribution in [0, 0.1) is 0 Å². The first kappa shape index (κ1) is 28.1. The summed E-state index contributed by atoms with van der Waals surface area (Å²) in [6.07, 6.45) is -2.29. The van der Waals surface area contributed by atoms with Gasteiger partial charge < -0.3 is 24.3 Å². The number of methoxy groups -OCH3 is 2. The van der Waals surface area contributed by atoms with E-state index in [9.17, 15) is 27.6 Å². The van der Waals surface area contributed by atoms with Crippen LogP contribution in [0.3, 0.4) is 0 Å². The molecule has 3 aromatic rings. The number of H-pyrrole nitrogens is 1. The molecule has 0 spiro atoms. The average Bonchev–Trinajstić information content (AvgIpc) is 2.93. The molecule has 4 rings (SSSR count). The van der Waals surface area contributed by atoms with Crippen LogP contribution in [0.2, 0.25) is 0 Å². The quantitative estimate of drug-likeness (QED) is 0.411. The fourth-order valence-corrected chi connectivity index (χ4v) is 4.76. The van der Waals surface area contributed by atoms with E-state index < -0.39 is 23.0 Å². The van der Waals surface area contributed by atoms with Crippen molar-refractivity contribution in [2.24, 2.45) is 0 Å². The monoisotopic (exact) mass is 548 g/mol. The van der Waals surface area contributed by atoms with Crippen LogP contribution in [-0.2, 0) is 17.5 Å². The number of piperazine rings is 1. The SMILES string of the molecule is COc1cc2[nH]c(=O)n(CCCCCC(=O)N3CCN(c4cccc(C(F)(F)F)c4)CC3)c(=O)c2cc1OC. The predicted octanol–water partition coefficient (Wildman–Crippen LogP) is 3.64. The van der Waals surface area contributed by atoms with Gasteiger partial charge in [-0.25, -0.2) is 4.79 Å². The molecule has 1 aromatic heterocycles. The number of carbonyl (C=O) groups is 1. The van der Waals surface area contributed by atoms with Crippen molar-refractivity contribution in [3.63, 3.8) is 0 Å². The molecule has 0 unspecified atom stereocenters. The Bertz CT molecular complexity index is 1440. The third kappa shape index (κ3) is 6.37. The van der Waals surface area contributed by atoms with Gasteiger partial charge in [0, 0.05) is 50.9 Å². The zero-order valence-corrected chi connectivity index (χ0v) is 21.8. The molecule has 1 fully saturated rings. The average molecular weight is 549 g/mol. The number of aromatic amines is 1. The molecule has 9 nitrogen and oxygen atoms in total. The van der Waals surface area contributed by atoms with Crippen molar-refractivity contribution in [2.75, 3.05) is 45.3 Å². The number of ether oxygens (including phenoxy) is 2. The lowest BCUT2D eigenvalue weighted by atomic mass is 10.1. The lowest BCUT2D eigenvalue weighted by Gasteiger charge is -2.36. The molecule has 1 saturated heterocycles. The second kappa shape index (κ2) is 11.8. The Hall–Kier alpha value is -3.96. The van der Waals surface area contributed by atoms with Crippen LogP contribution < -0.4 is 25.6 Å². The van der Waals surface area contributed by atoms with Gasteiger partial charge in [-0.2, -0.15) is 13.2 Å². The Kier molecular flexibility index (Phi) is 8.51. The summed E-state index contributed by atoms with van der Waals surface area (Å²) in [4.78, 5) is 44.4. The number of anilines is 1. The Morgan fingerprint density at radius 1 is 0.949 bits per heavy atom. The number of carbonyl (C=O) groups excluding carboxylic acids is 1. The van der Waals surface area contributed by atoms with Gasteiger partial charge in [0.2, 0.25) is 5.91 Å². The zero-order valence-electron chi connectivity index (χ0n) is 21.8. The van der Waals surface area contributed by atoms with Crippen LogP contribution in [0.4, 0.5) is 18.9 Å². The maximum Gasteiger partial charge on any atom is 0.416 e. The lowest BCUT2D eigenvalue weighted by Crippen LogP contribution is -2.48. The molecule has 0 bridgehead atoms. The van der Waals surface area contributed by atoms with Gasteiger partial charge in [0.15, 0.2) is 11.5 Å². The highest BCUT2D eigenvalue weighted by Crippen LogP contribution is 2.32. The van der Waals surface area contributed by atoms with E-state index in [4.69, 9.17) is 9.47 Å². The molecular formula is C27H31F3N4O5. The summed E-state index contributed by atoms with van der Waals surface area (Å²) < 4.78 is 50.7. The highest BCUT2D eigenvalue weighted by atomic mass is 19.4. The van der Waals surface area contributed by atoms with Crippen molar-refractivity contribution in [1.29, 1.82) is 0 Å². The number of amides is 1. The molecule has 1 N–H and O–H groups in total. The van der Waals surface area contributed by atoms with Gasteiger partial charge >= 0.3 is 11.9 Å². The predicted molar refractivity (Wildman–Crippen MR) is 141 cm³/mol. The number of halogens is 3. The number of fused-ring (bicyclic) bond motifs is 1. The van der Waals surface area contributed by atoms with Gasteiger partial charge in [-0.1, -0.05) is 12.5 Å². The molecule has 210 valence electrons. The van der Waals surface area contributed by atoms with Gasteiger partial charge in [0.1, 0.15) is 0 Å². The number of aromatic nitrogens is 2. The van der Waals surface area contributed by atoms with Gasteiger partial charge in [0.05, 0.1) is 30.7 Å². The van der Waals surface area contributed by atoms with E-state index in [1.807, 2.05) is 4.90 Å². The van der Waals surface area contributed by atoms with E-state index in [1.165, 1.54) is 26.4 Å². The van der Waals surface area contributed by atoms with Gasteiger partial charge in [-0.05, 0) is 37.1 Å². The van der Waals surface area contributed by atoms with Crippen LogP contribution in [0.1, 0.15) is 31.2 Å². The molecule has 39 heavy (non-hydrogen) atoms. The molecule has 2 heterocycles. The number of hydrogen-bond donors (Lipinski definition) is 1. The second-order valence-corrected chi connectivity index (χ2v) is 9.37. The van der Waals surface area contributed by atoms with E-state index in [0.717, 1.165) is 16.7 Å². The van der Waals surface area contributed by atoms with Crippen LogP contribution >= 0.6 is 0 Å². The first-order valence-electron chi connectivity index (χ1n) is 12.7. The highest BCUT2D eigenvalue weighted by molar-refractivity contribution is 5.81. The number of nitrogens with zero attached hydrogens (tertiary/aromatic N) is 3. The molecule has 1 amide bonds. The number of rotatable bonds is 9. The summed E-state index contributed by atoms with van der Waals surface area (Å²) in [7, 11) is 2.93. The van der Waals surface area contributed by atoms with Gasteiger partial charge in [-0.15, -0.1) is 0 Å². The van der Waals surface area contributed by atoms with E-state index in [1.54, 1.807) is 17.0 Å². The van der Waals surface area contributed by atoms with Gasteiger partial charge in [-0.3, -0.25) is 14.2 Å². The van der Waals surface area contributed by atoms with Crippen molar-refractivity contribution in [3.8, 4) is 11.5 Å². The molecule has 0 radical (unpaired) electrons. The third-order valence-corrected chi connectivity index (χ3v) is 6.93. The molecule has 0 atom stereocenters. The molecule has 2 aromatic carbocycles. The summed E-state index contributed by atoms with van der Waals surface area (Å²) in [5, 5.41) is 0.312. The molecule has 1 aliphatic heterocycles. The van der Waals surface area contributed by atoms with Crippen molar-refractivity contribution < 1.29 is 27.4 Å². The van der Waals surface area contributed by atoms with E-state index in [2.05, 4.69) is 4.98 Å². The van der Waals surface area contributed by atoms with E-state index >= 15 is 0 Å². The topological polar surface area (TPSA) is 96.9 Å². The number of alkyl halides is 3. The lowest BCUT2D eigenvalue weighted by molar-refractivity contribution is -0.137. The Morgan fingerprint density at radius 3 is 2.31 bits per heavy atom. The van der Waals surface area contributed by atoms with Crippen molar-refractivity contribution in [3.05, 3.63) is 62.8 Å². The van der Waals surface area contributed by atoms with E-state index in [0.29, 0.717) is 80.0 Å². The number of benzene rings is 2. The first-order valence-corrected chi connectivity index (χ1v) is 12.7. The molecule has 1 aliphatic rings. The summed E-state index contributed by atoms with van der Waals surface area (Å²) in [6.45, 7) is 1.99. The summed E-state index contributed by atoms with van der Waals surface area (Å²) in [5.41, 5.74) is -0.781. The standard InChI is InChI=1S/C27H31F3N4O5/c1-38-22-16-20-21(17-23(22)39-2)31-26(37)34(25(20)36)10-5-3-4-9-24(35)33-13-11-32(12-14-33)19-8-6-7-18(15-19)27(28,29)30/h6-8,15-17H,3-5,9-14H2,1-2H3,(H,31,37). The minimum atomic E-state index is -4.40. The normalized spacial score (nSPS) is 14.1. The van der Waals surface area contributed by atoms with Crippen LogP contribution in [0.5, 0.6) is 11.5 Å². The Morgan fingerprint density at radius 2 is 1.64 bits per heavy atom. The summed E-state index contributed by atoms with van der Waals surface area (Å²) in [6, 6.07) is 8.30. The summed E-state index contributed by atoms with van der Waals surface area (Å²) in [5.74, 6) is 0.773. The maximum absolute atomic E-state index is 13.0. The molecule has 0 saturated carbocycles. The van der Waals surface area contributed by atoms with Gasteiger partial charge in [0.25, 0.3) is 5.56 Å². The fraction of sp³-hybridized carbons (Fsp3) is 0.444.